The summed E-state index contributed by atoms with van der Waals surface area (Å²) in [6, 6.07) is 36.1. The summed E-state index contributed by atoms with van der Waals surface area (Å²) in [7, 11) is -2.65. The van der Waals surface area contributed by atoms with Crippen molar-refractivity contribution in [2.24, 2.45) is 0 Å². The van der Waals surface area contributed by atoms with Crippen LogP contribution in [0.3, 0.4) is 0 Å². The number of aliphatic hydroxyl groups is 2. The SMILES string of the molecule is CCCCCCCCO[C@H]1O[C@H](COCc2ccccc2)[C@@H](O[C@H]2O[C@H](COCc3ccccc3)[C@@H](O[Si](C)(C)C(C)(C)C)[C@H](O)[C@@H]2OC(=O)c2ccccc2)[C@H](OC(=O)c2ccccc2)[C@@H]1O. The van der Waals surface area contributed by atoms with E-state index >= 15 is 0 Å². The topological polar surface area (TPSA) is 158 Å². The van der Waals surface area contributed by atoms with Gasteiger partial charge in [0.2, 0.25) is 0 Å². The molecule has 2 aliphatic heterocycles. The average molecular weight is 957 g/mol. The summed E-state index contributed by atoms with van der Waals surface area (Å²) in [5.74, 6) is -1.47. The van der Waals surface area contributed by atoms with Crippen molar-refractivity contribution in [3.8, 4) is 0 Å². The Hall–Kier alpha value is -4.32. The van der Waals surface area contributed by atoms with Gasteiger partial charge in [0.1, 0.15) is 36.6 Å². The zero-order chi connectivity index (χ0) is 48.5. The predicted octanol–water partition coefficient (Wildman–Crippen LogP) is 9.20. The number of carbonyl (C=O) groups is 2. The van der Waals surface area contributed by atoms with Crippen molar-refractivity contribution in [2.45, 2.75) is 159 Å². The molecule has 0 aliphatic carbocycles. The Bertz CT molecular complexity index is 2070. The summed E-state index contributed by atoms with van der Waals surface area (Å²) in [5.41, 5.74) is 2.31. The molecule has 370 valence electrons. The first-order chi connectivity index (χ1) is 32.8. The molecule has 68 heavy (non-hydrogen) atoms. The molecule has 2 N–H and O–H groups in total. The molecule has 0 saturated carbocycles. The minimum absolute atomic E-state index is 0.0430. The molecule has 2 aliphatic rings. The molecule has 4 aromatic rings. The molecule has 2 saturated heterocycles. The number of rotatable bonds is 24. The van der Waals surface area contributed by atoms with E-state index in [0.29, 0.717) is 0 Å². The minimum Gasteiger partial charge on any atom is -0.453 e. The largest absolute Gasteiger partial charge is 0.453 e. The Morgan fingerprint density at radius 2 is 1.03 bits per heavy atom. The number of benzene rings is 4. The predicted molar refractivity (Wildman–Crippen MR) is 259 cm³/mol. The fraction of sp³-hybridized carbons (Fsp3) is 0.519. The highest BCUT2D eigenvalue weighted by Crippen LogP contribution is 2.41. The first-order valence-corrected chi connectivity index (χ1v) is 27.0. The molecule has 14 heteroatoms. The smallest absolute Gasteiger partial charge is 0.338 e. The van der Waals surface area contributed by atoms with Gasteiger partial charge in [-0.25, -0.2) is 9.59 Å². The second kappa shape index (κ2) is 26.0. The van der Waals surface area contributed by atoms with Gasteiger partial charge in [0, 0.05) is 6.61 Å². The third-order valence-electron chi connectivity index (χ3n) is 12.8. The molecule has 0 spiro atoms. The van der Waals surface area contributed by atoms with Gasteiger partial charge < -0.3 is 52.5 Å². The lowest BCUT2D eigenvalue weighted by Crippen LogP contribution is -2.67. The Labute approximate surface area is 403 Å². The molecule has 4 aromatic carbocycles. The molecular weight excluding hydrogens is 885 g/mol. The van der Waals surface area contributed by atoms with Crippen molar-refractivity contribution < 1.29 is 62.1 Å². The molecule has 10 atom stereocenters. The lowest BCUT2D eigenvalue weighted by atomic mass is 9.96. The molecule has 0 bridgehead atoms. The fourth-order valence-corrected chi connectivity index (χ4v) is 9.22. The zero-order valence-corrected chi connectivity index (χ0v) is 41.5. The molecule has 0 aromatic heterocycles. The second-order valence-electron chi connectivity index (χ2n) is 19.1. The third kappa shape index (κ3) is 15.1. The summed E-state index contributed by atoms with van der Waals surface area (Å²) < 4.78 is 58.4. The maximum atomic E-state index is 14.0. The number of hydrogen-bond acceptors (Lipinski definition) is 13. The van der Waals surface area contributed by atoms with Crippen LogP contribution in [0, 0.1) is 0 Å². The Balaban J connectivity index is 1.37. The van der Waals surface area contributed by atoms with Gasteiger partial charge in [-0.1, -0.05) is 157 Å². The molecule has 0 unspecified atom stereocenters. The van der Waals surface area contributed by atoms with Crippen molar-refractivity contribution in [2.75, 3.05) is 19.8 Å². The van der Waals surface area contributed by atoms with Gasteiger partial charge in [-0.15, -0.1) is 0 Å². The van der Waals surface area contributed by atoms with Crippen LogP contribution in [-0.4, -0.2) is 112 Å². The van der Waals surface area contributed by atoms with E-state index in [0.717, 1.165) is 49.7 Å². The molecule has 2 fully saturated rings. The quantitative estimate of drug-likeness (QED) is 0.0390. The van der Waals surface area contributed by atoms with Crippen molar-refractivity contribution in [1.82, 2.24) is 0 Å². The number of hydrogen-bond donors (Lipinski definition) is 2. The van der Waals surface area contributed by atoms with Crippen LogP contribution >= 0.6 is 0 Å². The van der Waals surface area contributed by atoms with Gasteiger partial charge in [0.05, 0.1) is 37.6 Å². The highest BCUT2D eigenvalue weighted by molar-refractivity contribution is 6.74. The van der Waals surface area contributed by atoms with Crippen LogP contribution in [0.1, 0.15) is 98.1 Å². The highest BCUT2D eigenvalue weighted by atomic mass is 28.4. The molecule has 0 amide bonds. The first kappa shape index (κ1) is 53.0. The monoisotopic (exact) mass is 956 g/mol. The number of carbonyl (C=O) groups excluding carboxylic acids is 2. The van der Waals surface area contributed by atoms with Crippen LogP contribution in [0.25, 0.3) is 0 Å². The van der Waals surface area contributed by atoms with Crippen LogP contribution in [0.5, 0.6) is 0 Å². The van der Waals surface area contributed by atoms with Gasteiger partial charge in [-0.05, 0) is 59.9 Å². The van der Waals surface area contributed by atoms with E-state index in [4.69, 9.17) is 42.3 Å². The molecular formula is C54H72O13Si. The van der Waals surface area contributed by atoms with Crippen LogP contribution in [-0.2, 0) is 55.5 Å². The van der Waals surface area contributed by atoms with Gasteiger partial charge in [0.25, 0.3) is 0 Å². The highest BCUT2D eigenvalue weighted by Gasteiger charge is 2.56. The number of esters is 2. The molecule has 13 nitrogen and oxygen atoms in total. The Morgan fingerprint density at radius 1 is 0.574 bits per heavy atom. The number of unbranched alkanes of at least 4 members (excludes halogenated alkanes) is 5. The van der Waals surface area contributed by atoms with Gasteiger partial charge >= 0.3 is 11.9 Å². The third-order valence-corrected chi connectivity index (χ3v) is 17.3. The van der Waals surface area contributed by atoms with E-state index in [-0.39, 0.29) is 49.2 Å². The van der Waals surface area contributed by atoms with Crippen molar-refractivity contribution >= 4 is 20.3 Å². The van der Waals surface area contributed by atoms with E-state index in [1.165, 1.54) is 0 Å². The summed E-state index contributed by atoms with van der Waals surface area (Å²) in [6.07, 6.45) is -7.03. The van der Waals surface area contributed by atoms with E-state index < -0.39 is 81.7 Å². The van der Waals surface area contributed by atoms with Crippen LogP contribution in [0.15, 0.2) is 121 Å². The standard InChI is InChI=1S/C54H72O13Si/c1-7-8-9-10-11-24-33-61-52-45(56)48(64-50(57)40-29-20-14-21-30-40)47(43(62-52)37-60-35-39-27-18-13-19-28-39)66-53-49(65-51(58)41-31-22-15-23-32-41)44(55)46(67-68(5,6)54(2,3)4)42(63-53)36-59-34-38-25-16-12-17-26-38/h12-23,25-32,42-49,52-53,55-56H,7-11,24,33-37H2,1-6H3/t42-,43-,44+,45+,46-,47-,48-,49+,52+,53-/m1/s1. The van der Waals surface area contributed by atoms with Crippen molar-refractivity contribution in [3.63, 3.8) is 0 Å². The minimum atomic E-state index is -2.65. The Kier molecular flexibility index (Phi) is 20.3. The Morgan fingerprint density at radius 3 is 1.54 bits per heavy atom. The van der Waals surface area contributed by atoms with E-state index in [9.17, 15) is 19.8 Å². The van der Waals surface area contributed by atoms with Gasteiger partial charge in [-0.3, -0.25) is 0 Å². The summed E-state index contributed by atoms with van der Waals surface area (Å²) in [6.45, 7) is 13.1. The normalized spacial score (nSPS) is 25.4. The van der Waals surface area contributed by atoms with E-state index in [1.54, 1.807) is 60.7 Å². The zero-order valence-electron chi connectivity index (χ0n) is 40.5. The lowest BCUT2D eigenvalue weighted by molar-refractivity contribution is -0.358. The van der Waals surface area contributed by atoms with Crippen LogP contribution in [0.4, 0.5) is 0 Å². The van der Waals surface area contributed by atoms with Crippen LogP contribution < -0.4 is 0 Å². The van der Waals surface area contributed by atoms with Crippen LogP contribution in [0.2, 0.25) is 18.1 Å². The molecule has 6 rings (SSSR count). The second-order valence-corrected chi connectivity index (χ2v) is 23.9. The molecule has 2 heterocycles. The number of ether oxygens (including phenoxy) is 8. The average Bonchev–Trinajstić information content (AvgIpc) is 3.33. The summed E-state index contributed by atoms with van der Waals surface area (Å²) in [5, 5.41) is 24.5. The van der Waals surface area contributed by atoms with Crippen molar-refractivity contribution in [1.29, 1.82) is 0 Å². The maximum Gasteiger partial charge on any atom is 0.338 e. The van der Waals surface area contributed by atoms with Gasteiger partial charge in [-0.2, -0.15) is 0 Å². The lowest BCUT2D eigenvalue weighted by Gasteiger charge is -2.50. The molecule has 0 radical (unpaired) electrons. The maximum absolute atomic E-state index is 14.0. The van der Waals surface area contributed by atoms with Crippen molar-refractivity contribution in [3.05, 3.63) is 144 Å². The van der Waals surface area contributed by atoms with E-state index in [1.807, 2.05) is 60.7 Å². The summed E-state index contributed by atoms with van der Waals surface area (Å²) in [4.78, 5) is 28.0. The van der Waals surface area contributed by atoms with E-state index in [2.05, 4.69) is 40.8 Å². The summed E-state index contributed by atoms with van der Waals surface area (Å²) >= 11 is 0. The fourth-order valence-electron chi connectivity index (χ4n) is 7.89. The first-order valence-electron chi connectivity index (χ1n) is 24.1. The number of aliphatic hydroxyl groups excluding tert-OH is 2. The van der Waals surface area contributed by atoms with Gasteiger partial charge in [0.15, 0.2) is 33.1 Å².